The summed E-state index contributed by atoms with van der Waals surface area (Å²) in [6, 6.07) is 0. The number of hydrogen-bond donors (Lipinski definition) is 0. The van der Waals surface area contributed by atoms with Crippen LogP contribution >= 0.6 is 34.2 Å². The molecule has 2 heterocycles. The fourth-order valence-electron chi connectivity index (χ4n) is 2.80. The summed E-state index contributed by atoms with van der Waals surface area (Å²) in [5.41, 5.74) is 1.15. The number of hydrogen-bond acceptors (Lipinski definition) is 4. The summed E-state index contributed by atoms with van der Waals surface area (Å²) < 4.78 is 6.40. The molecule has 0 unspecified atom stereocenters. The van der Waals surface area contributed by atoms with Crippen LogP contribution in [-0.4, -0.2) is 36.3 Å². The van der Waals surface area contributed by atoms with Gasteiger partial charge in [-0.2, -0.15) is 4.98 Å². The van der Waals surface area contributed by atoms with E-state index in [1.54, 1.807) is 0 Å². The first-order chi connectivity index (χ1) is 9.25. The molecule has 0 amide bonds. The van der Waals surface area contributed by atoms with Crippen LogP contribution in [0, 0.1) is 3.57 Å². The molecule has 19 heavy (non-hydrogen) atoms. The number of ether oxygens (including phenoxy) is 1. The lowest BCUT2D eigenvalue weighted by Gasteiger charge is -2.27. The Kier molecular flexibility index (Phi) is 4.44. The van der Waals surface area contributed by atoms with E-state index >= 15 is 0 Å². The minimum Gasteiger partial charge on any atom is -0.378 e. The Labute approximate surface area is 132 Å². The average molecular weight is 394 g/mol. The topological polar surface area (TPSA) is 38.2 Å². The molecule has 4 nitrogen and oxygen atoms in total. The molecule has 0 bridgehead atoms. The molecule has 3 rings (SSSR count). The molecule has 6 heteroatoms. The molecule has 1 aromatic rings. The van der Waals surface area contributed by atoms with Gasteiger partial charge in [0.15, 0.2) is 0 Å². The third-order valence-electron chi connectivity index (χ3n) is 3.86. The van der Waals surface area contributed by atoms with Gasteiger partial charge in [0.05, 0.1) is 22.5 Å². The second-order valence-electron chi connectivity index (χ2n) is 5.09. The fourth-order valence-corrected chi connectivity index (χ4v) is 3.65. The van der Waals surface area contributed by atoms with Crippen molar-refractivity contribution in [1.82, 2.24) is 9.97 Å². The molecule has 1 aliphatic heterocycles. The van der Waals surface area contributed by atoms with Gasteiger partial charge in [0.25, 0.3) is 0 Å². The quantitative estimate of drug-likeness (QED) is 0.571. The second kappa shape index (κ2) is 6.10. The fraction of sp³-hybridized carbons (Fsp3) is 0.692. The first kappa shape index (κ1) is 13.8. The Morgan fingerprint density at radius 3 is 2.53 bits per heavy atom. The molecule has 104 valence electrons. The molecule has 0 N–H and O–H groups in total. The van der Waals surface area contributed by atoms with E-state index in [0.29, 0.717) is 11.1 Å². The second-order valence-corrected chi connectivity index (χ2v) is 6.53. The van der Waals surface area contributed by atoms with Gasteiger partial charge in [-0.1, -0.05) is 24.4 Å². The zero-order valence-electron chi connectivity index (χ0n) is 10.7. The highest BCUT2D eigenvalue weighted by molar-refractivity contribution is 14.1. The maximum absolute atomic E-state index is 6.30. The lowest BCUT2D eigenvalue weighted by atomic mass is 10.0. The molecule has 1 saturated heterocycles. The summed E-state index contributed by atoms with van der Waals surface area (Å²) in [6.45, 7) is 3.18. The molecule has 0 aromatic carbocycles. The Hall–Kier alpha value is -0.140. The van der Waals surface area contributed by atoms with Crippen molar-refractivity contribution in [3.8, 4) is 0 Å². The SMILES string of the molecule is Clc1nc(N2CCOCC2)nc(C2CCCC2)c1I. The van der Waals surface area contributed by atoms with Gasteiger partial charge in [-0.3, -0.25) is 0 Å². The van der Waals surface area contributed by atoms with Crippen LogP contribution in [0.15, 0.2) is 0 Å². The largest absolute Gasteiger partial charge is 0.378 e. The van der Waals surface area contributed by atoms with Crippen molar-refractivity contribution in [2.75, 3.05) is 31.2 Å². The predicted molar refractivity (Wildman–Crippen MR) is 84.0 cm³/mol. The third kappa shape index (κ3) is 2.97. The van der Waals surface area contributed by atoms with Crippen LogP contribution in [0.4, 0.5) is 5.95 Å². The highest BCUT2D eigenvalue weighted by atomic mass is 127. The zero-order chi connectivity index (χ0) is 13.2. The van der Waals surface area contributed by atoms with E-state index < -0.39 is 0 Å². The van der Waals surface area contributed by atoms with E-state index in [1.807, 2.05) is 0 Å². The summed E-state index contributed by atoms with van der Waals surface area (Å²) in [6.07, 6.45) is 5.06. The number of morpholine rings is 1. The number of nitrogens with zero attached hydrogens (tertiary/aromatic N) is 3. The smallest absolute Gasteiger partial charge is 0.227 e. The zero-order valence-corrected chi connectivity index (χ0v) is 13.7. The van der Waals surface area contributed by atoms with Crippen LogP contribution in [0.5, 0.6) is 0 Å². The van der Waals surface area contributed by atoms with Crippen LogP contribution in [0.2, 0.25) is 5.15 Å². The number of anilines is 1. The summed E-state index contributed by atoms with van der Waals surface area (Å²) in [7, 11) is 0. The van der Waals surface area contributed by atoms with Crippen LogP contribution < -0.4 is 4.90 Å². The van der Waals surface area contributed by atoms with E-state index in [0.717, 1.165) is 41.5 Å². The van der Waals surface area contributed by atoms with E-state index in [2.05, 4.69) is 32.5 Å². The summed E-state index contributed by atoms with van der Waals surface area (Å²) in [5, 5.41) is 0.596. The summed E-state index contributed by atoms with van der Waals surface area (Å²) in [4.78, 5) is 11.4. The van der Waals surface area contributed by atoms with Gasteiger partial charge >= 0.3 is 0 Å². The van der Waals surface area contributed by atoms with Crippen molar-refractivity contribution in [3.63, 3.8) is 0 Å². The van der Waals surface area contributed by atoms with Crippen molar-refractivity contribution < 1.29 is 4.74 Å². The number of aromatic nitrogens is 2. The van der Waals surface area contributed by atoms with Gasteiger partial charge in [-0.25, -0.2) is 4.98 Å². The maximum atomic E-state index is 6.30. The first-order valence-electron chi connectivity index (χ1n) is 6.81. The van der Waals surface area contributed by atoms with E-state index in [4.69, 9.17) is 21.3 Å². The lowest BCUT2D eigenvalue weighted by molar-refractivity contribution is 0.122. The summed E-state index contributed by atoms with van der Waals surface area (Å²) in [5.74, 6) is 1.34. The van der Waals surface area contributed by atoms with Crippen LogP contribution in [-0.2, 0) is 4.74 Å². The Morgan fingerprint density at radius 1 is 1.16 bits per heavy atom. The van der Waals surface area contributed by atoms with Crippen molar-refractivity contribution in [3.05, 3.63) is 14.4 Å². The lowest BCUT2D eigenvalue weighted by Crippen LogP contribution is -2.37. The maximum Gasteiger partial charge on any atom is 0.227 e. The Bertz CT molecular complexity index is 459. The molecule has 2 fully saturated rings. The van der Waals surface area contributed by atoms with E-state index in [1.165, 1.54) is 25.7 Å². The van der Waals surface area contributed by atoms with Gasteiger partial charge in [0, 0.05) is 19.0 Å². The highest BCUT2D eigenvalue weighted by Gasteiger charge is 2.25. The van der Waals surface area contributed by atoms with Gasteiger partial charge in [0.2, 0.25) is 5.95 Å². The van der Waals surface area contributed by atoms with Gasteiger partial charge in [0.1, 0.15) is 5.15 Å². The molecule has 1 saturated carbocycles. The monoisotopic (exact) mass is 393 g/mol. The Balaban J connectivity index is 1.92. The molecule has 1 aromatic heterocycles. The molecular formula is C13H17ClIN3O. The van der Waals surface area contributed by atoms with Crippen LogP contribution in [0.25, 0.3) is 0 Å². The first-order valence-corrected chi connectivity index (χ1v) is 8.27. The van der Waals surface area contributed by atoms with Crippen molar-refractivity contribution in [1.29, 1.82) is 0 Å². The molecule has 2 aliphatic rings. The molecule has 0 spiro atoms. The van der Waals surface area contributed by atoms with Crippen LogP contribution in [0.1, 0.15) is 37.3 Å². The summed E-state index contributed by atoms with van der Waals surface area (Å²) >= 11 is 8.58. The minimum atomic E-state index is 0.562. The van der Waals surface area contributed by atoms with E-state index in [9.17, 15) is 0 Å². The Morgan fingerprint density at radius 2 is 1.84 bits per heavy atom. The predicted octanol–water partition coefficient (Wildman–Crippen LogP) is 3.23. The van der Waals surface area contributed by atoms with Gasteiger partial charge in [-0.15, -0.1) is 0 Å². The van der Waals surface area contributed by atoms with Gasteiger partial charge < -0.3 is 9.64 Å². The van der Waals surface area contributed by atoms with Crippen molar-refractivity contribution in [2.24, 2.45) is 0 Å². The van der Waals surface area contributed by atoms with Crippen molar-refractivity contribution >= 4 is 40.1 Å². The van der Waals surface area contributed by atoms with Gasteiger partial charge in [-0.05, 0) is 35.4 Å². The van der Waals surface area contributed by atoms with Crippen LogP contribution in [0.3, 0.4) is 0 Å². The highest BCUT2D eigenvalue weighted by Crippen LogP contribution is 2.37. The third-order valence-corrected chi connectivity index (χ3v) is 5.52. The minimum absolute atomic E-state index is 0.562. The molecular weight excluding hydrogens is 377 g/mol. The number of halogens is 2. The van der Waals surface area contributed by atoms with E-state index in [-0.39, 0.29) is 0 Å². The average Bonchev–Trinajstić information content (AvgIpc) is 2.96. The normalized spacial score (nSPS) is 21.1. The molecule has 0 radical (unpaired) electrons. The van der Waals surface area contributed by atoms with Crippen molar-refractivity contribution in [2.45, 2.75) is 31.6 Å². The standard InChI is InChI=1S/C13H17ClIN3O/c14-12-10(15)11(9-3-1-2-4-9)16-13(17-12)18-5-7-19-8-6-18/h9H,1-8H2. The molecule has 1 aliphatic carbocycles. The molecule has 0 atom stereocenters. The number of rotatable bonds is 2.